The van der Waals surface area contributed by atoms with Gasteiger partial charge in [-0.15, -0.1) is 0 Å². The molecule has 2 aromatic rings. The van der Waals surface area contributed by atoms with Crippen molar-refractivity contribution < 1.29 is 33.2 Å². The smallest absolute Gasteiger partial charge is 0.131 e. The molecule has 4 fully saturated rings. The van der Waals surface area contributed by atoms with Crippen molar-refractivity contribution in [2.24, 2.45) is 0 Å². The van der Waals surface area contributed by atoms with Crippen molar-refractivity contribution in [3.8, 4) is 23.0 Å². The van der Waals surface area contributed by atoms with Crippen LogP contribution in [0.15, 0.2) is 24.3 Å². The summed E-state index contributed by atoms with van der Waals surface area (Å²) >= 11 is 0. The van der Waals surface area contributed by atoms with Crippen LogP contribution in [0.25, 0.3) is 0 Å². The molecule has 4 aliphatic rings. The number of methoxy groups -OCH3 is 2. The lowest BCUT2D eigenvalue weighted by Crippen LogP contribution is -2.09. The standard InChI is InChI=1S/C26H30O7/c1-27-23-3-5-25(21(9-17-13-31-17)19(23)7-15-11-29-15)33-26-6-4-24(28-2)20(8-16-12-30-16)22(26)10-18-14-32-18/h3-6,15-18H,7-14H2,1-2H3. The van der Waals surface area contributed by atoms with E-state index >= 15 is 0 Å². The maximum atomic E-state index is 6.68. The number of ether oxygens (including phenoxy) is 7. The molecular weight excluding hydrogens is 424 g/mol. The maximum Gasteiger partial charge on any atom is 0.131 e. The van der Waals surface area contributed by atoms with Gasteiger partial charge in [-0.3, -0.25) is 0 Å². The van der Waals surface area contributed by atoms with Crippen molar-refractivity contribution in [3.63, 3.8) is 0 Å². The van der Waals surface area contributed by atoms with Gasteiger partial charge in [0.2, 0.25) is 0 Å². The van der Waals surface area contributed by atoms with Crippen molar-refractivity contribution in [1.82, 2.24) is 0 Å². The van der Waals surface area contributed by atoms with Crippen molar-refractivity contribution >= 4 is 0 Å². The summed E-state index contributed by atoms with van der Waals surface area (Å²) in [4.78, 5) is 0. The Morgan fingerprint density at radius 2 is 0.818 bits per heavy atom. The second-order valence-corrected chi connectivity index (χ2v) is 9.19. The number of hydrogen-bond acceptors (Lipinski definition) is 7. The number of benzene rings is 2. The van der Waals surface area contributed by atoms with Crippen molar-refractivity contribution in [2.45, 2.75) is 50.1 Å². The molecule has 0 aliphatic carbocycles. The lowest BCUT2D eigenvalue weighted by molar-refractivity contribution is 0.377. The van der Waals surface area contributed by atoms with Crippen LogP contribution in [0.3, 0.4) is 0 Å². The predicted octanol–water partition coefficient (Wildman–Crippen LogP) is 3.26. The highest BCUT2D eigenvalue weighted by Crippen LogP contribution is 2.42. The van der Waals surface area contributed by atoms with Crippen LogP contribution in [0.4, 0.5) is 0 Å². The van der Waals surface area contributed by atoms with Crippen molar-refractivity contribution in [2.75, 3.05) is 40.6 Å². The molecule has 4 atom stereocenters. The Bertz CT molecular complexity index is 938. The molecule has 0 aromatic heterocycles. The fraction of sp³-hybridized carbons (Fsp3) is 0.538. The number of hydrogen-bond donors (Lipinski definition) is 0. The molecule has 0 spiro atoms. The van der Waals surface area contributed by atoms with Crippen LogP contribution in [0.5, 0.6) is 23.0 Å². The van der Waals surface area contributed by atoms with Crippen molar-refractivity contribution in [1.29, 1.82) is 0 Å². The lowest BCUT2D eigenvalue weighted by Gasteiger charge is -2.21. The first-order valence-corrected chi connectivity index (χ1v) is 11.7. The molecule has 0 radical (unpaired) electrons. The Balaban J connectivity index is 1.39. The van der Waals surface area contributed by atoms with E-state index in [2.05, 4.69) is 0 Å². The summed E-state index contributed by atoms with van der Waals surface area (Å²) in [5.41, 5.74) is 4.59. The zero-order valence-corrected chi connectivity index (χ0v) is 19.1. The van der Waals surface area contributed by atoms with Gasteiger partial charge >= 0.3 is 0 Å². The lowest BCUT2D eigenvalue weighted by atomic mass is 9.95. The SMILES string of the molecule is COc1ccc(Oc2ccc(OC)c(CC3CO3)c2CC2CO2)c(CC2CO2)c1CC1CO1. The zero-order chi connectivity index (χ0) is 22.4. The van der Waals surface area contributed by atoms with E-state index in [-0.39, 0.29) is 24.4 Å². The van der Waals surface area contributed by atoms with E-state index in [1.165, 1.54) is 0 Å². The Labute approximate surface area is 193 Å². The minimum Gasteiger partial charge on any atom is -0.496 e. The predicted molar refractivity (Wildman–Crippen MR) is 120 cm³/mol. The van der Waals surface area contributed by atoms with Gasteiger partial charge in [-0.05, 0) is 24.3 Å². The maximum absolute atomic E-state index is 6.68. The highest BCUT2D eigenvalue weighted by Gasteiger charge is 2.33. The molecule has 176 valence electrons. The summed E-state index contributed by atoms with van der Waals surface area (Å²) in [6.45, 7) is 3.16. The average molecular weight is 455 g/mol. The van der Waals surface area contributed by atoms with Crippen LogP contribution in [-0.2, 0) is 44.6 Å². The zero-order valence-electron chi connectivity index (χ0n) is 19.1. The second kappa shape index (κ2) is 8.80. The molecular formula is C26H30O7. The van der Waals surface area contributed by atoms with Gasteiger partial charge in [-0.25, -0.2) is 0 Å². The summed E-state index contributed by atoms with van der Waals surface area (Å²) in [7, 11) is 3.43. The molecule has 4 aliphatic heterocycles. The first-order chi connectivity index (χ1) is 16.2. The first kappa shape index (κ1) is 21.2. The second-order valence-electron chi connectivity index (χ2n) is 9.19. The van der Waals surface area contributed by atoms with Gasteiger partial charge < -0.3 is 33.2 Å². The Morgan fingerprint density at radius 3 is 1.09 bits per heavy atom. The van der Waals surface area contributed by atoms with E-state index in [9.17, 15) is 0 Å². The highest BCUT2D eigenvalue weighted by atomic mass is 16.6. The molecule has 7 heteroatoms. The third kappa shape index (κ3) is 4.96. The summed E-state index contributed by atoms with van der Waals surface area (Å²) in [6.07, 6.45) is 4.20. The largest absolute Gasteiger partial charge is 0.496 e. The van der Waals surface area contributed by atoms with Gasteiger partial charge in [-0.2, -0.15) is 0 Å². The highest BCUT2D eigenvalue weighted by molar-refractivity contribution is 5.55. The van der Waals surface area contributed by atoms with Gasteiger partial charge in [-0.1, -0.05) is 0 Å². The fourth-order valence-electron chi connectivity index (χ4n) is 4.54. The third-order valence-electron chi connectivity index (χ3n) is 6.69. The summed E-state index contributed by atoms with van der Waals surface area (Å²) in [5, 5.41) is 0. The van der Waals surface area contributed by atoms with Crippen LogP contribution >= 0.6 is 0 Å². The van der Waals surface area contributed by atoms with Crippen LogP contribution in [0.2, 0.25) is 0 Å². The van der Waals surface area contributed by atoms with Gasteiger partial charge in [0.25, 0.3) is 0 Å². The van der Waals surface area contributed by atoms with Crippen molar-refractivity contribution in [3.05, 3.63) is 46.5 Å². The van der Waals surface area contributed by atoms with Crippen LogP contribution in [0, 0.1) is 0 Å². The van der Waals surface area contributed by atoms with E-state index < -0.39 is 0 Å². The Kier molecular flexibility index (Phi) is 5.66. The van der Waals surface area contributed by atoms with Gasteiger partial charge in [0.1, 0.15) is 23.0 Å². The molecule has 2 aromatic carbocycles. The molecule has 0 bridgehead atoms. The monoisotopic (exact) mass is 454 g/mol. The average Bonchev–Trinajstić information content (AvgIpc) is 3.62. The van der Waals surface area contributed by atoms with Gasteiger partial charge in [0.05, 0.1) is 65.1 Å². The molecule has 0 amide bonds. The van der Waals surface area contributed by atoms with Crippen LogP contribution in [-0.4, -0.2) is 65.1 Å². The normalized spacial score (nSPS) is 26.6. The molecule has 4 saturated heterocycles. The van der Waals surface area contributed by atoms with Crippen LogP contribution < -0.4 is 14.2 Å². The Morgan fingerprint density at radius 1 is 0.545 bits per heavy atom. The molecule has 4 heterocycles. The molecule has 0 N–H and O–H groups in total. The first-order valence-electron chi connectivity index (χ1n) is 11.7. The van der Waals surface area contributed by atoms with Crippen LogP contribution in [0.1, 0.15) is 22.3 Å². The number of epoxide rings is 4. The summed E-state index contributed by atoms with van der Waals surface area (Å²) in [6, 6.07) is 8.02. The number of rotatable bonds is 12. The molecule has 7 nitrogen and oxygen atoms in total. The molecule has 33 heavy (non-hydrogen) atoms. The fourth-order valence-corrected chi connectivity index (χ4v) is 4.54. The van der Waals surface area contributed by atoms with E-state index in [1.54, 1.807) is 14.2 Å². The minimum atomic E-state index is 0.233. The summed E-state index contributed by atoms with van der Waals surface area (Å²) < 4.78 is 40.3. The van der Waals surface area contributed by atoms with E-state index in [1.807, 2.05) is 24.3 Å². The summed E-state index contributed by atoms with van der Waals surface area (Å²) in [5.74, 6) is 3.44. The van der Waals surface area contributed by atoms with Gasteiger partial charge in [0, 0.05) is 47.9 Å². The Hall–Kier alpha value is -2.32. The molecule has 0 saturated carbocycles. The van der Waals surface area contributed by atoms with E-state index in [4.69, 9.17) is 33.2 Å². The topological polar surface area (TPSA) is 77.8 Å². The quantitative estimate of drug-likeness (QED) is 0.456. The van der Waals surface area contributed by atoms with Gasteiger partial charge in [0.15, 0.2) is 0 Å². The molecule has 4 unspecified atom stereocenters. The molecule has 6 rings (SSSR count). The van der Waals surface area contributed by atoms with E-state index in [0.717, 1.165) is 97.4 Å². The van der Waals surface area contributed by atoms with E-state index in [0.29, 0.717) is 0 Å². The minimum absolute atomic E-state index is 0.233. The third-order valence-corrected chi connectivity index (χ3v) is 6.69.